The fourth-order valence-corrected chi connectivity index (χ4v) is 2.36. The first-order chi connectivity index (χ1) is 9.43. The number of nitrogens with one attached hydrogen (secondary N) is 1. The van der Waals surface area contributed by atoms with E-state index in [1.54, 1.807) is 0 Å². The van der Waals surface area contributed by atoms with Gasteiger partial charge in [-0.05, 0) is 37.8 Å². The Hall–Kier alpha value is -1.30. The quantitative estimate of drug-likeness (QED) is 0.873. The zero-order valence-corrected chi connectivity index (χ0v) is 11.4. The lowest BCUT2D eigenvalue weighted by Crippen LogP contribution is -2.40. The van der Waals surface area contributed by atoms with Crippen LogP contribution < -0.4 is 10.9 Å². The maximum absolute atomic E-state index is 13.0. The first-order valence-corrected chi connectivity index (χ1v) is 6.94. The van der Waals surface area contributed by atoms with Crippen molar-refractivity contribution >= 4 is 0 Å². The zero-order valence-electron chi connectivity index (χ0n) is 11.4. The van der Waals surface area contributed by atoms with Gasteiger partial charge in [0.25, 0.3) is 5.56 Å². The number of halogens is 3. The van der Waals surface area contributed by atoms with Crippen LogP contribution in [0.25, 0.3) is 0 Å². The molecular formula is C14H19F3N2O. The maximum atomic E-state index is 13.0. The Morgan fingerprint density at radius 3 is 2.65 bits per heavy atom. The number of nitrogens with zero attached hydrogens (tertiary/aromatic N) is 1. The van der Waals surface area contributed by atoms with Gasteiger partial charge in [0, 0.05) is 18.7 Å². The van der Waals surface area contributed by atoms with E-state index in [-0.39, 0.29) is 12.6 Å². The van der Waals surface area contributed by atoms with E-state index in [2.05, 4.69) is 5.32 Å². The van der Waals surface area contributed by atoms with Crippen LogP contribution >= 0.6 is 0 Å². The number of aromatic nitrogens is 1. The van der Waals surface area contributed by atoms with E-state index in [1.807, 2.05) is 6.92 Å². The van der Waals surface area contributed by atoms with Crippen LogP contribution in [0.5, 0.6) is 0 Å². The summed E-state index contributed by atoms with van der Waals surface area (Å²) < 4.78 is 39.8. The van der Waals surface area contributed by atoms with Gasteiger partial charge in [-0.2, -0.15) is 13.2 Å². The van der Waals surface area contributed by atoms with Gasteiger partial charge < -0.3 is 9.88 Å². The molecule has 112 valence electrons. The number of pyridine rings is 1. The van der Waals surface area contributed by atoms with Crippen molar-refractivity contribution in [3.63, 3.8) is 0 Å². The van der Waals surface area contributed by atoms with E-state index in [1.165, 1.54) is 6.07 Å². The molecule has 1 aromatic heterocycles. The normalized spacial score (nSPS) is 17.2. The number of hydrogen-bond acceptors (Lipinski definition) is 2. The van der Waals surface area contributed by atoms with Crippen LogP contribution in [0.2, 0.25) is 0 Å². The molecule has 1 saturated carbocycles. The summed E-state index contributed by atoms with van der Waals surface area (Å²) in [6.07, 6.45) is -1.55. The average molecular weight is 288 g/mol. The van der Waals surface area contributed by atoms with Gasteiger partial charge in [0.2, 0.25) is 0 Å². The Morgan fingerprint density at radius 2 is 2.10 bits per heavy atom. The minimum absolute atomic E-state index is 0.0591. The monoisotopic (exact) mass is 288 g/mol. The highest BCUT2D eigenvalue weighted by atomic mass is 19.4. The number of hydrogen-bond donors (Lipinski definition) is 1. The summed E-state index contributed by atoms with van der Waals surface area (Å²) in [6, 6.07) is 3.24. The number of alkyl halides is 3. The van der Waals surface area contributed by atoms with E-state index in [9.17, 15) is 18.0 Å². The van der Waals surface area contributed by atoms with E-state index in [4.69, 9.17) is 0 Å². The molecule has 0 bridgehead atoms. The summed E-state index contributed by atoms with van der Waals surface area (Å²) >= 11 is 0. The highest BCUT2D eigenvalue weighted by Crippen LogP contribution is 2.34. The van der Waals surface area contributed by atoms with E-state index >= 15 is 0 Å². The topological polar surface area (TPSA) is 34.0 Å². The molecule has 0 aliphatic heterocycles. The van der Waals surface area contributed by atoms with Gasteiger partial charge in [0.15, 0.2) is 0 Å². The highest BCUT2D eigenvalue weighted by molar-refractivity contribution is 5.11. The van der Waals surface area contributed by atoms with Gasteiger partial charge in [0.05, 0.1) is 0 Å². The second kappa shape index (κ2) is 5.99. The molecule has 1 atom stereocenters. The third-order valence-corrected chi connectivity index (χ3v) is 3.57. The summed E-state index contributed by atoms with van der Waals surface area (Å²) in [4.78, 5) is 11.8. The molecule has 1 aliphatic rings. The van der Waals surface area contributed by atoms with Crippen LogP contribution in [0.3, 0.4) is 0 Å². The van der Waals surface area contributed by atoms with Gasteiger partial charge >= 0.3 is 6.18 Å². The predicted octanol–water partition coefficient (Wildman–Crippen LogP) is 2.65. The van der Waals surface area contributed by atoms with Gasteiger partial charge in [-0.25, -0.2) is 0 Å². The Bertz CT molecular complexity index is 506. The fraction of sp³-hybridized carbons (Fsp3) is 0.643. The third-order valence-electron chi connectivity index (χ3n) is 3.57. The molecule has 0 spiro atoms. The minimum atomic E-state index is -4.50. The lowest BCUT2D eigenvalue weighted by atomic mass is 10.1. The van der Waals surface area contributed by atoms with Crippen molar-refractivity contribution in [3.8, 4) is 0 Å². The second-order valence-corrected chi connectivity index (χ2v) is 5.26. The molecule has 20 heavy (non-hydrogen) atoms. The molecule has 1 heterocycles. The van der Waals surface area contributed by atoms with Crippen LogP contribution in [-0.4, -0.2) is 17.2 Å². The van der Waals surface area contributed by atoms with Crippen LogP contribution in [0.1, 0.15) is 31.9 Å². The number of rotatable bonds is 6. The first-order valence-electron chi connectivity index (χ1n) is 6.94. The van der Waals surface area contributed by atoms with Crippen LogP contribution in [0, 0.1) is 5.92 Å². The smallest absolute Gasteiger partial charge is 0.312 e. The van der Waals surface area contributed by atoms with Crippen molar-refractivity contribution < 1.29 is 13.2 Å². The van der Waals surface area contributed by atoms with Crippen LogP contribution in [0.15, 0.2) is 23.0 Å². The van der Waals surface area contributed by atoms with Gasteiger partial charge in [-0.3, -0.25) is 4.79 Å². The molecule has 1 aromatic rings. The molecule has 6 heteroatoms. The fourth-order valence-electron chi connectivity index (χ4n) is 2.36. The SMILES string of the molecule is CCCNC(Cn1c(C(F)(F)F)cccc1=O)C1CC1. The first kappa shape index (κ1) is 15.1. The van der Waals surface area contributed by atoms with E-state index in [0.29, 0.717) is 5.92 Å². The zero-order chi connectivity index (χ0) is 14.8. The summed E-state index contributed by atoms with van der Waals surface area (Å²) in [7, 11) is 0. The van der Waals surface area contributed by atoms with Crippen molar-refractivity contribution in [3.05, 3.63) is 34.2 Å². The summed E-state index contributed by atoms with van der Waals surface area (Å²) in [5.41, 5.74) is -1.46. The van der Waals surface area contributed by atoms with Crippen molar-refractivity contribution in [1.82, 2.24) is 9.88 Å². The Balaban J connectivity index is 2.24. The largest absolute Gasteiger partial charge is 0.431 e. The van der Waals surface area contributed by atoms with Crippen LogP contribution in [0.4, 0.5) is 13.2 Å². The summed E-state index contributed by atoms with van der Waals surface area (Å²) in [6.45, 7) is 2.84. The molecule has 0 saturated heterocycles. The van der Waals surface area contributed by atoms with E-state index in [0.717, 1.165) is 42.5 Å². The lowest BCUT2D eigenvalue weighted by Gasteiger charge is -2.22. The van der Waals surface area contributed by atoms with Crippen molar-refractivity contribution in [2.45, 2.75) is 44.9 Å². The Kier molecular flexibility index (Phi) is 4.52. The molecule has 0 radical (unpaired) electrons. The molecule has 1 aliphatic carbocycles. The summed E-state index contributed by atoms with van der Waals surface area (Å²) in [5.74, 6) is 0.384. The molecule has 3 nitrogen and oxygen atoms in total. The maximum Gasteiger partial charge on any atom is 0.431 e. The highest BCUT2D eigenvalue weighted by Gasteiger charge is 2.36. The summed E-state index contributed by atoms with van der Waals surface area (Å²) in [5, 5.41) is 3.26. The van der Waals surface area contributed by atoms with Gasteiger partial charge in [-0.1, -0.05) is 13.0 Å². The van der Waals surface area contributed by atoms with Crippen molar-refractivity contribution in [1.29, 1.82) is 0 Å². The Morgan fingerprint density at radius 1 is 1.40 bits per heavy atom. The second-order valence-electron chi connectivity index (χ2n) is 5.26. The molecule has 0 aromatic carbocycles. The average Bonchev–Trinajstić information content (AvgIpc) is 3.19. The molecule has 1 fully saturated rings. The predicted molar refractivity (Wildman–Crippen MR) is 70.5 cm³/mol. The van der Waals surface area contributed by atoms with Gasteiger partial charge in [0.1, 0.15) is 5.69 Å². The standard InChI is InChI=1S/C14H19F3N2O/c1-2-8-18-11(10-6-7-10)9-19-12(14(15,16)17)4-3-5-13(19)20/h3-5,10-11,18H,2,6-9H2,1H3. The molecule has 1 N–H and O–H groups in total. The van der Waals surface area contributed by atoms with Crippen molar-refractivity contribution in [2.24, 2.45) is 5.92 Å². The lowest BCUT2D eigenvalue weighted by molar-refractivity contribution is -0.144. The Labute approximate surface area is 115 Å². The van der Waals surface area contributed by atoms with E-state index < -0.39 is 17.4 Å². The molecule has 1 unspecified atom stereocenters. The molecular weight excluding hydrogens is 269 g/mol. The van der Waals surface area contributed by atoms with Crippen molar-refractivity contribution in [2.75, 3.05) is 6.54 Å². The van der Waals surface area contributed by atoms with Gasteiger partial charge in [-0.15, -0.1) is 0 Å². The third kappa shape index (κ3) is 3.62. The minimum Gasteiger partial charge on any atom is -0.312 e. The molecule has 0 amide bonds. The molecule has 2 rings (SSSR count). The van der Waals surface area contributed by atoms with Crippen LogP contribution in [-0.2, 0) is 12.7 Å².